The first-order valence-corrected chi connectivity index (χ1v) is 12.4. The predicted molar refractivity (Wildman–Crippen MR) is 126 cm³/mol. The smallest absolute Gasteiger partial charge is 0.268 e. The highest BCUT2D eigenvalue weighted by Crippen LogP contribution is 2.22. The number of likely N-dealkylation sites (tertiary alicyclic amines) is 1. The Morgan fingerprint density at radius 1 is 0.935 bits per heavy atom. The minimum atomic E-state index is -0.0413. The van der Waals surface area contributed by atoms with E-state index in [2.05, 4.69) is 33.9 Å². The molecule has 2 N–H and O–H groups in total. The monoisotopic (exact) mass is 427 g/mol. The molecule has 31 heavy (non-hydrogen) atoms. The van der Waals surface area contributed by atoms with Gasteiger partial charge in [0.25, 0.3) is 5.91 Å². The Morgan fingerprint density at radius 3 is 2.29 bits per heavy atom. The first-order chi connectivity index (χ1) is 15.1. The summed E-state index contributed by atoms with van der Waals surface area (Å²) in [5, 5.41) is 1.48. The van der Waals surface area contributed by atoms with Crippen molar-refractivity contribution >= 4 is 5.91 Å². The summed E-state index contributed by atoms with van der Waals surface area (Å²) in [7, 11) is 2.25. The van der Waals surface area contributed by atoms with Gasteiger partial charge in [-0.1, -0.05) is 31.4 Å². The van der Waals surface area contributed by atoms with Crippen LogP contribution in [0.2, 0.25) is 0 Å². The lowest BCUT2D eigenvalue weighted by Crippen LogP contribution is -2.49. The quantitative estimate of drug-likeness (QED) is 0.430. The molecule has 1 aliphatic carbocycles. The fraction of sp³-hybridized carbons (Fsp3) is 0.720. The van der Waals surface area contributed by atoms with E-state index in [-0.39, 0.29) is 11.9 Å². The predicted octanol–water partition coefficient (Wildman–Crippen LogP) is 2.79. The number of hydrazine groups is 1. The maximum absolute atomic E-state index is 12.7. The molecule has 0 radical (unpaired) electrons. The lowest BCUT2D eigenvalue weighted by atomic mass is 9.94. The Balaban J connectivity index is 1.22. The summed E-state index contributed by atoms with van der Waals surface area (Å²) < 4.78 is 0. The number of benzene rings is 1. The van der Waals surface area contributed by atoms with Crippen LogP contribution in [0.15, 0.2) is 24.3 Å². The normalized spacial score (nSPS) is 24.9. The first-order valence-electron chi connectivity index (χ1n) is 12.4. The van der Waals surface area contributed by atoms with Gasteiger partial charge in [0.15, 0.2) is 0 Å². The summed E-state index contributed by atoms with van der Waals surface area (Å²) in [5.41, 5.74) is 1.99. The van der Waals surface area contributed by atoms with Crippen molar-refractivity contribution in [1.29, 1.82) is 0 Å². The highest BCUT2D eigenvalue weighted by atomic mass is 16.2. The molecule has 1 atom stereocenters. The van der Waals surface area contributed by atoms with Gasteiger partial charge in [-0.05, 0) is 62.9 Å². The molecule has 1 unspecified atom stereocenters. The summed E-state index contributed by atoms with van der Waals surface area (Å²) in [6.45, 7) is 9.32. The summed E-state index contributed by atoms with van der Waals surface area (Å²) in [4.78, 5) is 20.4. The minimum Gasteiger partial charge on any atom is -0.306 e. The number of amides is 1. The molecule has 3 aliphatic rings. The molecule has 1 amide bonds. The molecular formula is C25H41N5O. The number of carbonyl (C=O) groups is 1. The second-order valence-corrected chi connectivity index (χ2v) is 10.0. The van der Waals surface area contributed by atoms with Crippen LogP contribution in [0.5, 0.6) is 0 Å². The molecule has 6 nitrogen and oxygen atoms in total. The van der Waals surface area contributed by atoms with Crippen LogP contribution in [-0.4, -0.2) is 84.5 Å². The molecule has 4 rings (SSSR count). The SMILES string of the molecule is CN1CCCC(CN2CCN(Cc3ccc(C(=O)N(N)C4CCCCC4)cc3)CC2)C1. The van der Waals surface area contributed by atoms with Crippen molar-refractivity contribution < 1.29 is 4.79 Å². The van der Waals surface area contributed by atoms with E-state index in [4.69, 9.17) is 5.84 Å². The highest BCUT2D eigenvalue weighted by Gasteiger charge is 2.25. The number of nitrogens with zero attached hydrogens (tertiary/aromatic N) is 4. The summed E-state index contributed by atoms with van der Waals surface area (Å²) in [6, 6.07) is 8.32. The molecule has 0 bridgehead atoms. The summed E-state index contributed by atoms with van der Waals surface area (Å²) in [6.07, 6.45) is 8.41. The van der Waals surface area contributed by atoms with Crippen molar-refractivity contribution in [3.05, 3.63) is 35.4 Å². The lowest BCUT2D eigenvalue weighted by molar-refractivity contribution is 0.0633. The van der Waals surface area contributed by atoms with Gasteiger partial charge in [-0.3, -0.25) is 14.7 Å². The van der Waals surface area contributed by atoms with Crippen LogP contribution < -0.4 is 5.84 Å². The Bertz CT molecular complexity index is 694. The van der Waals surface area contributed by atoms with E-state index in [1.807, 2.05) is 12.1 Å². The van der Waals surface area contributed by atoms with Crippen LogP contribution >= 0.6 is 0 Å². The number of piperidine rings is 1. The Hall–Kier alpha value is -1.47. The van der Waals surface area contributed by atoms with Crippen LogP contribution in [-0.2, 0) is 6.54 Å². The minimum absolute atomic E-state index is 0.0413. The molecule has 0 aromatic heterocycles. The molecule has 1 aromatic carbocycles. The van der Waals surface area contributed by atoms with Gasteiger partial charge < -0.3 is 9.80 Å². The second-order valence-electron chi connectivity index (χ2n) is 10.0. The van der Waals surface area contributed by atoms with Crippen LogP contribution in [0.3, 0.4) is 0 Å². The summed E-state index contributed by atoms with van der Waals surface area (Å²) >= 11 is 0. The Labute approximate surface area is 188 Å². The van der Waals surface area contributed by atoms with Gasteiger partial charge in [0.2, 0.25) is 0 Å². The number of nitrogens with two attached hydrogens (primary N) is 1. The van der Waals surface area contributed by atoms with Crippen molar-refractivity contribution in [2.45, 2.75) is 57.5 Å². The molecule has 0 spiro atoms. The average Bonchev–Trinajstić information content (AvgIpc) is 2.80. The van der Waals surface area contributed by atoms with Crippen molar-refractivity contribution in [2.75, 3.05) is 52.9 Å². The highest BCUT2D eigenvalue weighted by molar-refractivity contribution is 5.94. The average molecular weight is 428 g/mol. The van der Waals surface area contributed by atoms with Crippen molar-refractivity contribution in [3.8, 4) is 0 Å². The Morgan fingerprint density at radius 2 is 1.61 bits per heavy atom. The van der Waals surface area contributed by atoms with Gasteiger partial charge in [0.1, 0.15) is 0 Å². The fourth-order valence-corrected chi connectivity index (χ4v) is 5.60. The molecule has 2 aliphatic heterocycles. The number of hydrogen-bond acceptors (Lipinski definition) is 5. The fourth-order valence-electron chi connectivity index (χ4n) is 5.60. The van der Waals surface area contributed by atoms with Gasteiger partial charge in [-0.15, -0.1) is 0 Å². The number of piperazine rings is 1. The van der Waals surface area contributed by atoms with E-state index in [1.54, 1.807) is 0 Å². The standard InChI is InChI=1S/C25H41N5O/c1-27-13-5-6-22(18-27)20-29-16-14-28(15-17-29)19-21-9-11-23(12-10-21)25(31)30(26)24-7-3-2-4-8-24/h9-12,22,24H,2-8,13-20,26H2,1H3. The third-order valence-electron chi connectivity index (χ3n) is 7.51. The van der Waals surface area contributed by atoms with Crippen molar-refractivity contribution in [2.24, 2.45) is 11.8 Å². The van der Waals surface area contributed by atoms with E-state index in [1.165, 1.54) is 75.4 Å². The number of rotatable bonds is 6. The van der Waals surface area contributed by atoms with Crippen LogP contribution in [0.25, 0.3) is 0 Å². The second kappa shape index (κ2) is 10.9. The lowest BCUT2D eigenvalue weighted by Gasteiger charge is -2.38. The third kappa shape index (κ3) is 6.28. The molecule has 172 valence electrons. The third-order valence-corrected chi connectivity index (χ3v) is 7.51. The molecular weight excluding hydrogens is 386 g/mol. The van der Waals surface area contributed by atoms with Crippen molar-refractivity contribution in [1.82, 2.24) is 19.7 Å². The molecule has 6 heteroatoms. The number of hydrogen-bond donors (Lipinski definition) is 1. The van der Waals surface area contributed by atoms with Gasteiger partial charge in [-0.2, -0.15) is 0 Å². The zero-order chi connectivity index (χ0) is 21.6. The number of carbonyl (C=O) groups excluding carboxylic acids is 1. The molecule has 2 heterocycles. The zero-order valence-electron chi connectivity index (χ0n) is 19.3. The molecule has 3 fully saturated rings. The van der Waals surface area contributed by atoms with E-state index >= 15 is 0 Å². The van der Waals surface area contributed by atoms with Gasteiger partial charge >= 0.3 is 0 Å². The Kier molecular flexibility index (Phi) is 7.99. The van der Waals surface area contributed by atoms with E-state index < -0.39 is 0 Å². The van der Waals surface area contributed by atoms with E-state index in [9.17, 15) is 4.79 Å². The maximum Gasteiger partial charge on any atom is 0.268 e. The van der Waals surface area contributed by atoms with Crippen LogP contribution in [0.1, 0.15) is 60.9 Å². The largest absolute Gasteiger partial charge is 0.306 e. The molecule has 1 aromatic rings. The van der Waals surface area contributed by atoms with Crippen LogP contribution in [0, 0.1) is 5.92 Å². The maximum atomic E-state index is 12.7. The first kappa shape index (κ1) is 22.7. The van der Waals surface area contributed by atoms with Gasteiger partial charge in [0.05, 0.1) is 0 Å². The van der Waals surface area contributed by atoms with Crippen molar-refractivity contribution in [3.63, 3.8) is 0 Å². The topological polar surface area (TPSA) is 56.0 Å². The summed E-state index contributed by atoms with van der Waals surface area (Å²) in [5.74, 6) is 6.97. The molecule has 1 saturated carbocycles. The molecule has 2 saturated heterocycles. The van der Waals surface area contributed by atoms with Crippen LogP contribution in [0.4, 0.5) is 0 Å². The van der Waals surface area contributed by atoms with Gasteiger partial charge in [-0.25, -0.2) is 5.84 Å². The van der Waals surface area contributed by atoms with Gasteiger partial charge in [0, 0.05) is 57.4 Å². The van der Waals surface area contributed by atoms with E-state index in [0.717, 1.165) is 38.4 Å². The zero-order valence-corrected chi connectivity index (χ0v) is 19.3. The van der Waals surface area contributed by atoms with E-state index in [0.29, 0.717) is 5.56 Å².